The number of pyridine rings is 2. The lowest BCUT2D eigenvalue weighted by atomic mass is 10.1. The molecule has 144 valence electrons. The molecule has 2 aromatic heterocycles. The van der Waals surface area contributed by atoms with Crippen molar-refractivity contribution >= 4 is 23.3 Å². The minimum atomic E-state index is -0.115. The third kappa shape index (κ3) is 3.20. The van der Waals surface area contributed by atoms with E-state index in [-0.39, 0.29) is 18.4 Å². The highest BCUT2D eigenvalue weighted by molar-refractivity contribution is 6.04. The van der Waals surface area contributed by atoms with Gasteiger partial charge in [0.2, 0.25) is 5.91 Å². The molecule has 7 heteroatoms. The largest absolute Gasteiger partial charge is 0.359 e. The molecule has 0 bridgehead atoms. The molecule has 0 spiro atoms. The van der Waals surface area contributed by atoms with E-state index in [1.165, 1.54) is 0 Å². The van der Waals surface area contributed by atoms with Crippen molar-refractivity contribution in [3.05, 3.63) is 83.3 Å². The van der Waals surface area contributed by atoms with Gasteiger partial charge >= 0.3 is 0 Å². The molecule has 1 N–H and O–H groups in total. The van der Waals surface area contributed by atoms with Crippen molar-refractivity contribution in [3.8, 4) is 0 Å². The molecular weight excluding hydrogens is 366 g/mol. The second-order valence-electron chi connectivity index (χ2n) is 7.18. The van der Waals surface area contributed by atoms with Crippen LogP contribution in [0, 0.1) is 0 Å². The van der Waals surface area contributed by atoms with Crippen molar-refractivity contribution in [2.75, 3.05) is 16.8 Å². The molecule has 2 aliphatic heterocycles. The Hall–Kier alpha value is -3.74. The van der Waals surface area contributed by atoms with E-state index in [1.54, 1.807) is 28.3 Å². The smallest absolute Gasteiger partial charge is 0.256 e. The Morgan fingerprint density at radius 3 is 2.76 bits per heavy atom. The van der Waals surface area contributed by atoms with E-state index in [0.29, 0.717) is 36.7 Å². The fourth-order valence-electron chi connectivity index (χ4n) is 3.77. The van der Waals surface area contributed by atoms with Crippen LogP contribution >= 0.6 is 0 Å². The van der Waals surface area contributed by atoms with Crippen molar-refractivity contribution in [3.63, 3.8) is 0 Å². The summed E-state index contributed by atoms with van der Waals surface area (Å²) in [5, 5.41) is 3.04. The van der Waals surface area contributed by atoms with E-state index in [0.717, 1.165) is 16.8 Å². The number of hydrogen-bond donors (Lipinski definition) is 1. The highest BCUT2D eigenvalue weighted by Crippen LogP contribution is 2.31. The number of nitrogens with zero attached hydrogens (tertiary/aromatic N) is 4. The second kappa shape index (κ2) is 7.01. The Kier molecular flexibility index (Phi) is 4.20. The summed E-state index contributed by atoms with van der Waals surface area (Å²) in [4.78, 5) is 37.9. The zero-order chi connectivity index (χ0) is 19.8. The molecule has 2 aliphatic rings. The van der Waals surface area contributed by atoms with Gasteiger partial charge < -0.3 is 15.1 Å². The summed E-state index contributed by atoms with van der Waals surface area (Å²) in [5.41, 5.74) is 4.10. The summed E-state index contributed by atoms with van der Waals surface area (Å²) in [6, 6.07) is 15.4. The molecule has 0 radical (unpaired) electrons. The first-order chi connectivity index (χ1) is 14.2. The molecule has 0 saturated carbocycles. The van der Waals surface area contributed by atoms with Crippen LogP contribution in [0.4, 0.5) is 11.5 Å². The molecule has 0 fully saturated rings. The third-order valence-electron chi connectivity index (χ3n) is 5.27. The minimum Gasteiger partial charge on any atom is -0.359 e. The molecule has 0 saturated heterocycles. The maximum Gasteiger partial charge on any atom is 0.256 e. The van der Waals surface area contributed by atoms with Gasteiger partial charge in [0.15, 0.2) is 5.82 Å². The number of rotatable bonds is 3. The molecule has 29 heavy (non-hydrogen) atoms. The summed E-state index contributed by atoms with van der Waals surface area (Å²) in [7, 11) is 0. The highest BCUT2D eigenvalue weighted by atomic mass is 16.2. The lowest BCUT2D eigenvalue weighted by Crippen LogP contribution is -2.40. The van der Waals surface area contributed by atoms with Gasteiger partial charge in [-0.05, 0) is 23.3 Å². The minimum absolute atomic E-state index is 0.0504. The van der Waals surface area contributed by atoms with Crippen molar-refractivity contribution in [2.24, 2.45) is 0 Å². The fraction of sp³-hybridized carbons (Fsp3) is 0.182. The summed E-state index contributed by atoms with van der Waals surface area (Å²) in [5.74, 6) is 0.449. The van der Waals surface area contributed by atoms with Crippen LogP contribution < -0.4 is 10.2 Å². The van der Waals surface area contributed by atoms with E-state index in [1.807, 2.05) is 42.5 Å². The number of carbonyl (C=O) groups is 2. The van der Waals surface area contributed by atoms with Gasteiger partial charge in [0.1, 0.15) is 0 Å². The molecule has 5 rings (SSSR count). The van der Waals surface area contributed by atoms with Crippen molar-refractivity contribution in [2.45, 2.75) is 19.6 Å². The summed E-state index contributed by atoms with van der Waals surface area (Å²) in [6.07, 6.45) is 3.31. The standard InChI is InChI=1S/C22H19N5O2/c28-20-11-25-21-19(27(20)12-15-5-2-1-3-6-15)9-17(10-24-21)22(29)26-13-16-7-4-8-23-18(16)14-26/h1-10H,11-14H2,(H,24,25). The number of carbonyl (C=O) groups excluding carboxylic acids is 2. The van der Waals surface area contributed by atoms with Gasteiger partial charge in [-0.3, -0.25) is 14.6 Å². The molecule has 1 aromatic carbocycles. The molecule has 0 atom stereocenters. The van der Waals surface area contributed by atoms with Gasteiger partial charge in [0.25, 0.3) is 5.91 Å². The Balaban J connectivity index is 1.44. The number of amides is 2. The number of aromatic nitrogens is 2. The zero-order valence-corrected chi connectivity index (χ0v) is 15.7. The van der Waals surface area contributed by atoms with Crippen LogP contribution in [0.1, 0.15) is 27.2 Å². The SMILES string of the molecule is O=C(c1cnc2c(c1)N(Cc1ccccc1)C(=O)CN2)N1Cc2cccnc2C1. The molecule has 0 aliphatic carbocycles. The Morgan fingerprint density at radius 1 is 1.07 bits per heavy atom. The molecule has 7 nitrogen and oxygen atoms in total. The van der Waals surface area contributed by atoms with E-state index in [4.69, 9.17) is 0 Å². The Morgan fingerprint density at radius 2 is 1.93 bits per heavy atom. The van der Waals surface area contributed by atoms with Crippen LogP contribution in [0.15, 0.2) is 60.9 Å². The number of benzene rings is 1. The first-order valence-corrected chi connectivity index (χ1v) is 9.49. The predicted octanol–water partition coefficient (Wildman–Crippen LogP) is 2.59. The average Bonchev–Trinajstić information content (AvgIpc) is 3.20. The molecule has 3 aromatic rings. The van der Waals surface area contributed by atoms with Crippen LogP contribution in [-0.2, 0) is 24.4 Å². The molecular formula is C22H19N5O2. The highest BCUT2D eigenvalue weighted by Gasteiger charge is 2.29. The summed E-state index contributed by atoms with van der Waals surface area (Å²) in [6.45, 7) is 1.64. The second-order valence-corrected chi connectivity index (χ2v) is 7.18. The third-order valence-corrected chi connectivity index (χ3v) is 5.27. The first-order valence-electron chi connectivity index (χ1n) is 9.49. The first kappa shape index (κ1) is 17.4. The van der Waals surface area contributed by atoms with Gasteiger partial charge in [-0.2, -0.15) is 0 Å². The van der Waals surface area contributed by atoms with Crippen LogP contribution in [0.25, 0.3) is 0 Å². The lowest BCUT2D eigenvalue weighted by Gasteiger charge is -2.30. The normalized spacial score (nSPS) is 15.0. The fourth-order valence-corrected chi connectivity index (χ4v) is 3.77. The van der Waals surface area contributed by atoms with Crippen LogP contribution in [0.2, 0.25) is 0 Å². The van der Waals surface area contributed by atoms with Gasteiger partial charge in [0, 0.05) is 18.9 Å². The van der Waals surface area contributed by atoms with E-state index >= 15 is 0 Å². The van der Waals surface area contributed by atoms with E-state index < -0.39 is 0 Å². The van der Waals surface area contributed by atoms with E-state index in [9.17, 15) is 9.59 Å². The van der Waals surface area contributed by atoms with Crippen molar-refractivity contribution in [1.82, 2.24) is 14.9 Å². The van der Waals surface area contributed by atoms with Crippen molar-refractivity contribution < 1.29 is 9.59 Å². The quantitative estimate of drug-likeness (QED) is 0.750. The molecule has 4 heterocycles. The van der Waals surface area contributed by atoms with Gasteiger partial charge in [-0.15, -0.1) is 0 Å². The van der Waals surface area contributed by atoms with E-state index in [2.05, 4.69) is 15.3 Å². The number of hydrogen-bond acceptors (Lipinski definition) is 5. The van der Waals surface area contributed by atoms with Crippen LogP contribution in [0.3, 0.4) is 0 Å². The Bertz CT molecular complexity index is 1070. The summed E-state index contributed by atoms with van der Waals surface area (Å²) < 4.78 is 0. The maximum atomic E-state index is 13.1. The van der Waals surface area contributed by atoms with Crippen LogP contribution in [-0.4, -0.2) is 33.2 Å². The molecule has 0 unspecified atom stereocenters. The zero-order valence-electron chi connectivity index (χ0n) is 15.7. The lowest BCUT2D eigenvalue weighted by molar-refractivity contribution is -0.117. The van der Waals surface area contributed by atoms with Crippen LogP contribution in [0.5, 0.6) is 0 Å². The number of fused-ring (bicyclic) bond motifs is 2. The topological polar surface area (TPSA) is 78.4 Å². The monoisotopic (exact) mass is 385 g/mol. The Labute approximate surface area is 168 Å². The number of nitrogens with one attached hydrogen (secondary N) is 1. The van der Waals surface area contributed by atoms with Gasteiger partial charge in [0.05, 0.1) is 36.6 Å². The number of anilines is 2. The van der Waals surface area contributed by atoms with Gasteiger partial charge in [-0.25, -0.2) is 4.98 Å². The predicted molar refractivity (Wildman–Crippen MR) is 108 cm³/mol. The van der Waals surface area contributed by atoms with Crippen molar-refractivity contribution in [1.29, 1.82) is 0 Å². The average molecular weight is 385 g/mol. The van der Waals surface area contributed by atoms with Gasteiger partial charge in [-0.1, -0.05) is 36.4 Å². The summed E-state index contributed by atoms with van der Waals surface area (Å²) >= 11 is 0. The molecule has 2 amide bonds. The maximum absolute atomic E-state index is 13.1.